The molecule has 0 aliphatic carbocycles. The van der Waals surface area contributed by atoms with Crippen molar-refractivity contribution in [3.63, 3.8) is 0 Å². The second-order valence-electron chi connectivity index (χ2n) is 6.20. The average molecular weight is 231 g/mol. The van der Waals surface area contributed by atoms with Gasteiger partial charge >= 0.3 is 0 Å². The van der Waals surface area contributed by atoms with Crippen molar-refractivity contribution in [2.75, 3.05) is 5.32 Å². The van der Waals surface area contributed by atoms with Crippen molar-refractivity contribution < 1.29 is 4.74 Å². The Balaban J connectivity index is 2.21. The summed E-state index contributed by atoms with van der Waals surface area (Å²) >= 11 is 0. The van der Waals surface area contributed by atoms with Crippen molar-refractivity contribution in [2.45, 2.75) is 59.1 Å². The van der Waals surface area contributed by atoms with E-state index < -0.39 is 0 Å². The van der Waals surface area contributed by atoms with Gasteiger partial charge in [-0.2, -0.15) is 0 Å². The zero-order valence-corrected chi connectivity index (χ0v) is 11.4. The van der Waals surface area contributed by atoms with Crippen molar-refractivity contribution >= 4 is 5.69 Å². The predicted molar refractivity (Wildman–Crippen MR) is 71.1 cm³/mol. The fourth-order valence-electron chi connectivity index (χ4n) is 3.24. The van der Waals surface area contributed by atoms with Crippen molar-refractivity contribution in [2.24, 2.45) is 0 Å². The van der Waals surface area contributed by atoms with Crippen LogP contribution in [0.15, 0.2) is 0 Å². The quantitative estimate of drug-likeness (QED) is 0.739. The topological polar surface area (TPSA) is 21.3 Å². The van der Waals surface area contributed by atoms with Crippen LogP contribution in [0.4, 0.5) is 5.69 Å². The van der Waals surface area contributed by atoms with Gasteiger partial charge < -0.3 is 10.1 Å². The molecular formula is C15H21NO. The third-order valence-corrected chi connectivity index (χ3v) is 4.08. The van der Waals surface area contributed by atoms with Crippen molar-refractivity contribution in [3.8, 4) is 5.75 Å². The third kappa shape index (κ3) is 1.46. The highest BCUT2D eigenvalue weighted by atomic mass is 16.5. The molecule has 0 aromatic heterocycles. The molecule has 17 heavy (non-hydrogen) atoms. The number of fused-ring (bicyclic) bond motifs is 2. The summed E-state index contributed by atoms with van der Waals surface area (Å²) in [4.78, 5) is 0. The first-order valence-corrected chi connectivity index (χ1v) is 6.49. The molecule has 2 aliphatic rings. The molecule has 0 saturated carbocycles. The Morgan fingerprint density at radius 2 is 1.88 bits per heavy atom. The summed E-state index contributed by atoms with van der Waals surface area (Å²) in [7, 11) is 0. The van der Waals surface area contributed by atoms with Crippen molar-refractivity contribution in [1.82, 2.24) is 0 Å². The Hall–Kier alpha value is -1.18. The first-order valence-electron chi connectivity index (χ1n) is 6.49. The first-order chi connectivity index (χ1) is 7.89. The van der Waals surface area contributed by atoms with Crippen LogP contribution < -0.4 is 10.1 Å². The summed E-state index contributed by atoms with van der Waals surface area (Å²) in [6.07, 6.45) is 2.15. The molecule has 1 atom stereocenters. The van der Waals surface area contributed by atoms with Gasteiger partial charge in [0.2, 0.25) is 0 Å². The van der Waals surface area contributed by atoms with Crippen LogP contribution >= 0.6 is 0 Å². The van der Waals surface area contributed by atoms with Gasteiger partial charge in [-0.05, 0) is 57.7 Å². The summed E-state index contributed by atoms with van der Waals surface area (Å²) in [5, 5.41) is 3.61. The van der Waals surface area contributed by atoms with Crippen molar-refractivity contribution in [3.05, 3.63) is 22.3 Å². The SMILES string of the molecule is Cc1c2c(c(C)c3c1NC(C)C3)OC(C)(C)C2. The molecule has 0 fully saturated rings. The van der Waals surface area contributed by atoms with Gasteiger partial charge in [0.05, 0.1) is 0 Å². The number of anilines is 1. The maximum atomic E-state index is 6.14. The smallest absolute Gasteiger partial charge is 0.127 e. The molecule has 1 unspecified atom stereocenters. The van der Waals surface area contributed by atoms with Gasteiger partial charge in [0.1, 0.15) is 11.4 Å². The number of ether oxygens (including phenoxy) is 1. The molecule has 0 spiro atoms. The van der Waals surface area contributed by atoms with Crippen LogP contribution in [0.5, 0.6) is 5.75 Å². The number of hydrogen-bond donors (Lipinski definition) is 1. The van der Waals surface area contributed by atoms with E-state index in [0.717, 1.165) is 18.6 Å². The Morgan fingerprint density at radius 1 is 1.18 bits per heavy atom. The lowest BCUT2D eigenvalue weighted by molar-refractivity contribution is 0.137. The Kier molecular flexibility index (Phi) is 2.05. The van der Waals surface area contributed by atoms with Gasteiger partial charge in [-0.15, -0.1) is 0 Å². The van der Waals surface area contributed by atoms with Crippen molar-refractivity contribution in [1.29, 1.82) is 0 Å². The molecule has 2 heteroatoms. The molecule has 0 radical (unpaired) electrons. The molecule has 0 amide bonds. The average Bonchev–Trinajstić information content (AvgIpc) is 2.75. The number of nitrogens with one attached hydrogen (secondary N) is 1. The summed E-state index contributed by atoms with van der Waals surface area (Å²) < 4.78 is 6.14. The fraction of sp³-hybridized carbons (Fsp3) is 0.600. The lowest BCUT2D eigenvalue weighted by atomic mass is 9.92. The molecule has 2 nitrogen and oxygen atoms in total. The largest absolute Gasteiger partial charge is 0.487 e. The lowest BCUT2D eigenvalue weighted by Gasteiger charge is -2.18. The van der Waals surface area contributed by atoms with Gasteiger partial charge in [0, 0.05) is 23.7 Å². The van der Waals surface area contributed by atoms with Crippen LogP contribution in [0.2, 0.25) is 0 Å². The van der Waals surface area contributed by atoms with Gasteiger partial charge in [0.25, 0.3) is 0 Å². The Labute approximate surface area is 103 Å². The minimum atomic E-state index is -0.0431. The maximum absolute atomic E-state index is 6.14. The molecule has 1 aromatic carbocycles. The molecule has 2 aliphatic heterocycles. The normalized spacial score (nSPS) is 23.9. The highest BCUT2D eigenvalue weighted by Crippen LogP contribution is 2.46. The minimum Gasteiger partial charge on any atom is -0.487 e. The van der Waals surface area contributed by atoms with E-state index in [9.17, 15) is 0 Å². The van der Waals surface area contributed by atoms with Gasteiger partial charge in [-0.3, -0.25) is 0 Å². The standard InChI is InChI=1S/C15H21NO/c1-8-6-11-10(3)14-12(7-15(4,5)17-14)9(2)13(11)16-8/h8,16H,6-7H2,1-5H3. The fourth-order valence-corrected chi connectivity index (χ4v) is 3.24. The van der Waals surface area contributed by atoms with E-state index in [4.69, 9.17) is 4.74 Å². The molecule has 2 heterocycles. The summed E-state index contributed by atoms with van der Waals surface area (Å²) in [6.45, 7) is 11.0. The van der Waals surface area contributed by atoms with E-state index in [1.807, 2.05) is 0 Å². The van der Waals surface area contributed by atoms with Gasteiger partial charge in [-0.1, -0.05) is 0 Å². The molecular weight excluding hydrogens is 210 g/mol. The van der Waals surface area contributed by atoms with E-state index in [0.29, 0.717) is 6.04 Å². The monoisotopic (exact) mass is 231 g/mol. The van der Waals surface area contributed by atoms with Gasteiger partial charge in [0.15, 0.2) is 0 Å². The minimum absolute atomic E-state index is 0.0431. The van der Waals surface area contributed by atoms with Crippen LogP contribution in [0.3, 0.4) is 0 Å². The van der Waals surface area contributed by atoms with Crippen LogP contribution in [0.25, 0.3) is 0 Å². The van der Waals surface area contributed by atoms with E-state index in [-0.39, 0.29) is 5.60 Å². The summed E-state index contributed by atoms with van der Waals surface area (Å²) in [6, 6.07) is 0.554. The first kappa shape index (κ1) is 10.9. The number of hydrogen-bond acceptors (Lipinski definition) is 2. The highest BCUT2D eigenvalue weighted by molar-refractivity contribution is 5.71. The molecule has 92 valence electrons. The van der Waals surface area contributed by atoms with E-state index in [2.05, 4.69) is 39.9 Å². The van der Waals surface area contributed by atoms with Gasteiger partial charge in [-0.25, -0.2) is 0 Å². The highest BCUT2D eigenvalue weighted by Gasteiger charge is 2.36. The Morgan fingerprint density at radius 3 is 2.59 bits per heavy atom. The number of benzene rings is 1. The molecule has 1 N–H and O–H groups in total. The zero-order chi connectivity index (χ0) is 12.4. The maximum Gasteiger partial charge on any atom is 0.127 e. The lowest BCUT2D eigenvalue weighted by Crippen LogP contribution is -2.25. The summed E-state index contributed by atoms with van der Waals surface area (Å²) in [5.74, 6) is 1.15. The van der Waals surface area contributed by atoms with Crippen LogP contribution in [-0.2, 0) is 12.8 Å². The predicted octanol–water partition coefficient (Wildman–Crippen LogP) is 3.37. The van der Waals surface area contributed by atoms with Crippen LogP contribution in [0, 0.1) is 13.8 Å². The summed E-state index contributed by atoms with van der Waals surface area (Å²) in [5.41, 5.74) is 6.95. The molecule has 0 bridgehead atoms. The third-order valence-electron chi connectivity index (χ3n) is 4.08. The van der Waals surface area contributed by atoms with E-state index >= 15 is 0 Å². The van der Waals surface area contributed by atoms with Crippen LogP contribution in [0.1, 0.15) is 43.0 Å². The molecule has 3 rings (SSSR count). The van der Waals surface area contributed by atoms with E-state index in [1.165, 1.54) is 27.9 Å². The number of rotatable bonds is 0. The van der Waals surface area contributed by atoms with Crippen LogP contribution in [-0.4, -0.2) is 11.6 Å². The molecule has 0 saturated heterocycles. The second kappa shape index (κ2) is 3.18. The Bertz CT molecular complexity index is 459. The molecule has 1 aromatic rings. The zero-order valence-electron chi connectivity index (χ0n) is 11.4. The second-order valence-corrected chi connectivity index (χ2v) is 6.20. The van der Waals surface area contributed by atoms with E-state index in [1.54, 1.807) is 0 Å².